The third kappa shape index (κ3) is 4.15. The maximum absolute atomic E-state index is 12.7. The Labute approximate surface area is 194 Å². The van der Waals surface area contributed by atoms with Crippen molar-refractivity contribution >= 4 is 11.6 Å². The number of carbonyl (C=O) groups excluding carboxylic acids is 1. The summed E-state index contributed by atoms with van der Waals surface area (Å²) in [5.41, 5.74) is 5.00. The fraction of sp³-hybridized carbons (Fsp3) is 0.167. The van der Waals surface area contributed by atoms with Crippen molar-refractivity contribution in [2.45, 2.75) is 19.5 Å². The van der Waals surface area contributed by atoms with Crippen LogP contribution in [0.5, 0.6) is 0 Å². The van der Waals surface area contributed by atoms with Crippen molar-refractivity contribution < 1.29 is 21.9 Å². The average molecular weight is 466 g/mol. The third-order valence-corrected chi connectivity index (χ3v) is 5.64. The van der Waals surface area contributed by atoms with E-state index in [1.807, 2.05) is 41.3 Å². The van der Waals surface area contributed by atoms with Crippen molar-refractivity contribution in [2.24, 2.45) is 0 Å². The second kappa shape index (κ2) is 8.94. The van der Waals surface area contributed by atoms with Crippen LogP contribution in [-0.4, -0.2) is 22.6 Å². The van der Waals surface area contributed by atoms with Gasteiger partial charge in [0.2, 0.25) is 0 Å². The molecule has 0 saturated heterocycles. The first-order chi connectivity index (χ1) is 15.1. The van der Waals surface area contributed by atoms with Gasteiger partial charge in [-0.25, -0.2) is 0 Å². The Hall–Kier alpha value is -3.48. The van der Waals surface area contributed by atoms with E-state index < -0.39 is 10.9 Å². The van der Waals surface area contributed by atoms with Gasteiger partial charge in [0.1, 0.15) is 10.9 Å². The van der Waals surface area contributed by atoms with Crippen LogP contribution in [0, 0.1) is 6.07 Å². The number of hydrogen-bond donors (Lipinski definition) is 2. The number of nitrogens with zero attached hydrogens (tertiary/aromatic N) is 2. The molecular formula is C24H19MnN4O3-. The number of hydrogen-bond acceptors (Lipinski definition) is 5. The molecular weight excluding hydrogens is 447 g/mol. The van der Waals surface area contributed by atoms with Crippen LogP contribution in [0.2, 0.25) is 0 Å². The third-order valence-electron chi connectivity index (χ3n) is 5.64. The minimum atomic E-state index is -0.547. The predicted molar refractivity (Wildman–Crippen MR) is 117 cm³/mol. The molecule has 1 aliphatic heterocycles. The van der Waals surface area contributed by atoms with E-state index in [0.29, 0.717) is 30.9 Å². The molecule has 8 heteroatoms. The first-order valence-electron chi connectivity index (χ1n) is 10.0. The summed E-state index contributed by atoms with van der Waals surface area (Å²) < 4.78 is 0. The molecule has 4 aromatic rings. The van der Waals surface area contributed by atoms with Gasteiger partial charge in [0, 0.05) is 54.0 Å². The minimum absolute atomic E-state index is 0. The van der Waals surface area contributed by atoms with Crippen LogP contribution in [0.15, 0.2) is 64.3 Å². The van der Waals surface area contributed by atoms with Crippen LogP contribution in [-0.2, 0) is 36.6 Å². The van der Waals surface area contributed by atoms with E-state index in [-0.39, 0.29) is 23.0 Å². The number of fused-ring (bicyclic) bond motifs is 1. The first kappa shape index (κ1) is 21.7. The standard InChI is InChI=1S/C24H19N4O3.Mn/c29-22-12-21(23(22)30)28-9-7-16-5-4-15(10-19(16)14-28)13-25-24(31)18-3-1-2-17(11-18)20-6-8-26-27-20;/h1-6,8,10-11H,7,9,13-14H2,(H,25,31)(H,26,27);/q-1;. The summed E-state index contributed by atoms with van der Waals surface area (Å²) in [7, 11) is 0. The molecule has 0 atom stereocenters. The summed E-state index contributed by atoms with van der Waals surface area (Å²) in [5.74, 6) is -0.154. The molecule has 1 aliphatic rings. The van der Waals surface area contributed by atoms with Gasteiger partial charge in [-0.05, 0) is 47.0 Å². The molecule has 5 rings (SSSR count). The molecule has 7 nitrogen and oxygen atoms in total. The number of aromatic amines is 1. The normalized spacial score (nSPS) is 12.8. The van der Waals surface area contributed by atoms with Gasteiger partial charge in [0.25, 0.3) is 5.91 Å². The van der Waals surface area contributed by atoms with Crippen molar-refractivity contribution in [3.8, 4) is 11.3 Å². The topological polar surface area (TPSA) is 95.2 Å². The maximum Gasteiger partial charge on any atom is 0.251 e. The van der Waals surface area contributed by atoms with E-state index in [2.05, 4.69) is 27.6 Å². The SMILES string of the molecule is O=C(NCc1ccc2c(c1)CN(c1[c-]c(=O)c1=O)CC2)c1cccc(-c2ccn[nH]2)c1.[Mn]. The van der Waals surface area contributed by atoms with E-state index >= 15 is 0 Å². The van der Waals surface area contributed by atoms with Gasteiger partial charge in [-0.1, -0.05) is 30.3 Å². The molecule has 0 bridgehead atoms. The summed E-state index contributed by atoms with van der Waals surface area (Å²) in [5, 5.41) is 9.82. The zero-order valence-electron chi connectivity index (χ0n) is 17.0. The molecule has 0 fully saturated rings. The number of amides is 1. The van der Waals surface area contributed by atoms with Crippen LogP contribution >= 0.6 is 0 Å². The summed E-state index contributed by atoms with van der Waals surface area (Å²) in [6.07, 6.45) is 2.47. The van der Waals surface area contributed by atoms with E-state index in [9.17, 15) is 14.4 Å². The van der Waals surface area contributed by atoms with Gasteiger partial charge in [-0.3, -0.25) is 9.89 Å². The number of aromatic nitrogens is 2. The molecule has 0 aliphatic carbocycles. The Balaban J connectivity index is 0.00000245. The van der Waals surface area contributed by atoms with Crippen molar-refractivity contribution in [1.29, 1.82) is 0 Å². The monoisotopic (exact) mass is 466 g/mol. The smallest absolute Gasteiger partial charge is 0.251 e. The fourth-order valence-electron chi connectivity index (χ4n) is 3.93. The van der Waals surface area contributed by atoms with Crippen molar-refractivity contribution in [2.75, 3.05) is 11.4 Å². The van der Waals surface area contributed by atoms with Crippen molar-refractivity contribution in [1.82, 2.24) is 15.5 Å². The molecule has 2 heterocycles. The largest absolute Gasteiger partial charge is 0.385 e. The summed E-state index contributed by atoms with van der Waals surface area (Å²) in [4.78, 5) is 37.4. The average Bonchev–Trinajstić information content (AvgIpc) is 3.35. The fourth-order valence-corrected chi connectivity index (χ4v) is 3.93. The maximum atomic E-state index is 12.7. The van der Waals surface area contributed by atoms with Gasteiger partial charge < -0.3 is 19.8 Å². The van der Waals surface area contributed by atoms with Crippen LogP contribution in [0.4, 0.5) is 5.69 Å². The van der Waals surface area contributed by atoms with Crippen molar-refractivity contribution in [3.63, 3.8) is 0 Å². The zero-order valence-corrected chi connectivity index (χ0v) is 18.2. The zero-order chi connectivity index (χ0) is 21.4. The molecule has 1 aromatic heterocycles. The predicted octanol–water partition coefficient (Wildman–Crippen LogP) is 1.96. The van der Waals surface area contributed by atoms with Gasteiger partial charge >= 0.3 is 0 Å². The number of benzene rings is 2. The van der Waals surface area contributed by atoms with Crippen LogP contribution < -0.4 is 21.1 Å². The molecule has 2 N–H and O–H groups in total. The molecule has 0 spiro atoms. The quantitative estimate of drug-likeness (QED) is 0.267. The van der Waals surface area contributed by atoms with Crippen LogP contribution in [0.1, 0.15) is 27.0 Å². The molecule has 0 unspecified atom stereocenters. The second-order valence-corrected chi connectivity index (χ2v) is 7.64. The van der Waals surface area contributed by atoms with E-state index in [1.165, 1.54) is 5.56 Å². The number of carbonyl (C=O) groups is 1. The van der Waals surface area contributed by atoms with Crippen molar-refractivity contribution in [3.05, 3.63) is 103 Å². The molecule has 3 aromatic carbocycles. The summed E-state index contributed by atoms with van der Waals surface area (Å²) in [6.45, 7) is 1.65. The van der Waals surface area contributed by atoms with E-state index in [1.54, 1.807) is 12.3 Å². The first-order valence-corrected chi connectivity index (χ1v) is 10.0. The molecule has 0 saturated carbocycles. The van der Waals surface area contributed by atoms with Gasteiger partial charge in [-0.15, -0.1) is 6.07 Å². The Morgan fingerprint density at radius 1 is 1.12 bits per heavy atom. The Bertz CT molecular complexity index is 1340. The Morgan fingerprint density at radius 2 is 2.00 bits per heavy atom. The Morgan fingerprint density at radius 3 is 2.75 bits per heavy atom. The summed E-state index contributed by atoms with van der Waals surface area (Å²) in [6, 6.07) is 17.9. The summed E-state index contributed by atoms with van der Waals surface area (Å²) >= 11 is 0. The molecule has 161 valence electrons. The number of rotatable bonds is 5. The van der Waals surface area contributed by atoms with Crippen LogP contribution in [0.25, 0.3) is 11.3 Å². The molecule has 1 amide bonds. The van der Waals surface area contributed by atoms with Crippen LogP contribution in [0.3, 0.4) is 0 Å². The van der Waals surface area contributed by atoms with E-state index in [0.717, 1.165) is 28.8 Å². The molecule has 32 heavy (non-hydrogen) atoms. The molecule has 1 radical (unpaired) electrons. The van der Waals surface area contributed by atoms with Gasteiger partial charge in [0.05, 0.1) is 5.69 Å². The van der Waals surface area contributed by atoms with Gasteiger partial charge in [-0.2, -0.15) is 5.10 Å². The minimum Gasteiger partial charge on any atom is -0.385 e. The number of anilines is 1. The van der Waals surface area contributed by atoms with E-state index in [4.69, 9.17) is 0 Å². The second-order valence-electron chi connectivity index (χ2n) is 7.64. The number of H-pyrrole nitrogens is 1. The Kier molecular flexibility index (Phi) is 6.08. The number of nitrogens with one attached hydrogen (secondary N) is 2. The van der Waals surface area contributed by atoms with Gasteiger partial charge in [0.15, 0.2) is 0 Å².